The summed E-state index contributed by atoms with van der Waals surface area (Å²) in [7, 11) is 4.26. The highest BCUT2D eigenvalue weighted by Crippen LogP contribution is 2.34. The van der Waals surface area contributed by atoms with Crippen LogP contribution in [0.15, 0.2) is 41.1 Å². The minimum absolute atomic E-state index is 0.0183. The van der Waals surface area contributed by atoms with E-state index in [0.29, 0.717) is 42.1 Å². The summed E-state index contributed by atoms with van der Waals surface area (Å²) in [5.41, 5.74) is 3.15. The van der Waals surface area contributed by atoms with E-state index in [9.17, 15) is 4.79 Å². The molecule has 0 bridgehead atoms. The highest BCUT2D eigenvalue weighted by molar-refractivity contribution is 5.91. The Morgan fingerprint density at radius 3 is 2.94 bits per heavy atom. The van der Waals surface area contributed by atoms with Gasteiger partial charge in [0.2, 0.25) is 17.5 Å². The lowest BCUT2D eigenvalue weighted by Crippen LogP contribution is -2.31. The Morgan fingerprint density at radius 1 is 1.24 bits per heavy atom. The number of carbonyl (C=O) groups excluding carboxylic acids is 1. The van der Waals surface area contributed by atoms with Gasteiger partial charge in [0.25, 0.3) is 0 Å². The van der Waals surface area contributed by atoms with E-state index in [0.717, 1.165) is 42.7 Å². The molecule has 0 spiro atoms. The van der Waals surface area contributed by atoms with E-state index in [1.807, 2.05) is 12.1 Å². The number of hydrogen-bond donors (Lipinski definition) is 1. The average Bonchev–Trinajstić information content (AvgIpc) is 3.62. The molecule has 2 atom stereocenters. The van der Waals surface area contributed by atoms with E-state index in [4.69, 9.17) is 9.15 Å². The van der Waals surface area contributed by atoms with Crippen molar-refractivity contribution in [3.63, 3.8) is 0 Å². The summed E-state index contributed by atoms with van der Waals surface area (Å²) in [6, 6.07) is 8.28. The Labute approximate surface area is 196 Å². The fourth-order valence-electron chi connectivity index (χ4n) is 4.80. The molecule has 10 heteroatoms. The van der Waals surface area contributed by atoms with E-state index in [1.54, 1.807) is 23.0 Å². The van der Waals surface area contributed by atoms with Gasteiger partial charge in [0.1, 0.15) is 12.3 Å². The Balaban J connectivity index is 1.29. The average molecular weight is 462 g/mol. The molecule has 2 aliphatic heterocycles. The molecule has 2 aliphatic rings. The van der Waals surface area contributed by atoms with Gasteiger partial charge in [0.15, 0.2) is 11.4 Å². The Morgan fingerprint density at radius 2 is 2.15 bits per heavy atom. The molecule has 0 aromatic carbocycles. The Bertz CT molecular complexity index is 1360. The van der Waals surface area contributed by atoms with Crippen LogP contribution in [0.4, 0.5) is 5.69 Å². The maximum Gasteiger partial charge on any atom is 0.231 e. The van der Waals surface area contributed by atoms with Crippen LogP contribution in [-0.2, 0) is 4.79 Å². The van der Waals surface area contributed by atoms with E-state index >= 15 is 0 Å². The molecular formula is C24H27N7O3. The molecule has 1 N–H and O–H groups in total. The smallest absolute Gasteiger partial charge is 0.231 e. The number of aromatic nitrogens is 4. The summed E-state index contributed by atoms with van der Waals surface area (Å²) < 4.78 is 13.7. The number of hydrogen-bond acceptors (Lipinski definition) is 8. The van der Waals surface area contributed by atoms with Gasteiger partial charge < -0.3 is 24.3 Å². The summed E-state index contributed by atoms with van der Waals surface area (Å²) >= 11 is 0. The number of imidazole rings is 1. The van der Waals surface area contributed by atoms with Gasteiger partial charge in [-0.05, 0) is 45.1 Å². The number of ether oxygens (including phenoxy) is 1. The third-order valence-electron chi connectivity index (χ3n) is 6.75. The van der Waals surface area contributed by atoms with Gasteiger partial charge in [-0.15, -0.1) is 5.10 Å². The molecule has 2 fully saturated rings. The van der Waals surface area contributed by atoms with Crippen molar-refractivity contribution in [2.24, 2.45) is 0 Å². The van der Waals surface area contributed by atoms with Crippen molar-refractivity contribution in [3.8, 4) is 17.3 Å². The molecule has 1 amide bonds. The fraction of sp³-hybridized carbons (Fsp3) is 0.417. The second kappa shape index (κ2) is 8.28. The van der Waals surface area contributed by atoms with Crippen LogP contribution in [0.5, 0.6) is 5.88 Å². The van der Waals surface area contributed by atoms with Crippen LogP contribution in [0.25, 0.3) is 28.2 Å². The molecular weight excluding hydrogens is 434 g/mol. The SMILES string of the molecule is CN(C)[C@H]1CCN(c2ccnc3oc(-c4cnc5ccc(OC[C@H]6CCC(=O)N6)nn45)cc23)C1. The highest BCUT2D eigenvalue weighted by Gasteiger charge is 2.26. The first kappa shape index (κ1) is 20.9. The summed E-state index contributed by atoms with van der Waals surface area (Å²) in [5, 5.41) is 8.50. The molecule has 0 unspecified atom stereocenters. The minimum atomic E-state index is 0.0183. The zero-order valence-electron chi connectivity index (χ0n) is 19.3. The third kappa shape index (κ3) is 3.73. The van der Waals surface area contributed by atoms with Crippen LogP contribution in [0.3, 0.4) is 0 Å². The minimum Gasteiger partial charge on any atom is -0.474 e. The number of pyridine rings is 1. The van der Waals surface area contributed by atoms with Crippen molar-refractivity contribution in [1.29, 1.82) is 0 Å². The molecule has 176 valence electrons. The number of nitrogens with zero attached hydrogens (tertiary/aromatic N) is 6. The molecule has 10 nitrogen and oxygen atoms in total. The third-order valence-corrected chi connectivity index (χ3v) is 6.75. The highest BCUT2D eigenvalue weighted by atomic mass is 16.5. The predicted octanol–water partition coefficient (Wildman–Crippen LogP) is 2.34. The van der Waals surface area contributed by atoms with E-state index < -0.39 is 0 Å². The normalized spacial score (nSPS) is 20.7. The van der Waals surface area contributed by atoms with Gasteiger partial charge in [0, 0.05) is 37.8 Å². The molecule has 0 aliphatic carbocycles. The quantitative estimate of drug-likeness (QED) is 0.467. The number of rotatable bonds is 6. The summed E-state index contributed by atoms with van der Waals surface area (Å²) in [4.78, 5) is 25.0. The lowest BCUT2D eigenvalue weighted by molar-refractivity contribution is -0.119. The number of carbonyl (C=O) groups is 1. The Hall–Kier alpha value is -3.66. The summed E-state index contributed by atoms with van der Waals surface area (Å²) in [6.07, 6.45) is 6.00. The lowest BCUT2D eigenvalue weighted by Gasteiger charge is -2.22. The number of nitrogens with one attached hydrogen (secondary N) is 1. The number of furan rings is 1. The van der Waals surface area contributed by atoms with Crippen LogP contribution in [0, 0.1) is 0 Å². The second-order valence-electron chi connectivity index (χ2n) is 9.21. The van der Waals surface area contributed by atoms with Crippen LogP contribution in [0.2, 0.25) is 0 Å². The van der Waals surface area contributed by atoms with E-state index in [2.05, 4.69) is 50.3 Å². The fourth-order valence-corrected chi connectivity index (χ4v) is 4.80. The van der Waals surface area contributed by atoms with Gasteiger partial charge in [-0.1, -0.05) is 0 Å². The molecule has 6 rings (SSSR count). The summed E-state index contributed by atoms with van der Waals surface area (Å²) in [5.74, 6) is 1.19. The predicted molar refractivity (Wildman–Crippen MR) is 127 cm³/mol. The molecule has 4 aromatic heterocycles. The van der Waals surface area contributed by atoms with Crippen molar-refractivity contribution in [1.82, 2.24) is 29.8 Å². The molecule has 4 aromatic rings. The van der Waals surface area contributed by atoms with Gasteiger partial charge >= 0.3 is 0 Å². The zero-order chi connectivity index (χ0) is 23.2. The number of fused-ring (bicyclic) bond motifs is 2. The molecule has 0 radical (unpaired) electrons. The van der Waals surface area contributed by atoms with Gasteiger partial charge in [-0.2, -0.15) is 0 Å². The van der Waals surface area contributed by atoms with Gasteiger partial charge in [0.05, 0.1) is 23.3 Å². The first-order chi connectivity index (χ1) is 16.5. The first-order valence-electron chi connectivity index (χ1n) is 11.6. The van der Waals surface area contributed by atoms with Crippen molar-refractivity contribution < 1.29 is 13.9 Å². The van der Waals surface area contributed by atoms with E-state index in [-0.39, 0.29) is 11.9 Å². The van der Waals surface area contributed by atoms with Gasteiger partial charge in [-0.3, -0.25) is 4.79 Å². The Kier molecular flexibility index (Phi) is 5.09. The number of amides is 1. The van der Waals surface area contributed by atoms with Crippen molar-refractivity contribution >= 4 is 28.3 Å². The van der Waals surface area contributed by atoms with Crippen LogP contribution < -0.4 is 15.0 Å². The first-order valence-corrected chi connectivity index (χ1v) is 11.6. The zero-order valence-corrected chi connectivity index (χ0v) is 19.3. The van der Waals surface area contributed by atoms with Crippen molar-refractivity contribution in [3.05, 3.63) is 36.7 Å². The molecule has 34 heavy (non-hydrogen) atoms. The monoisotopic (exact) mass is 461 g/mol. The maximum absolute atomic E-state index is 11.4. The van der Waals surface area contributed by atoms with Crippen LogP contribution >= 0.6 is 0 Å². The number of anilines is 1. The van der Waals surface area contributed by atoms with Crippen LogP contribution in [-0.4, -0.2) is 76.3 Å². The second-order valence-corrected chi connectivity index (χ2v) is 9.21. The molecule has 2 saturated heterocycles. The van der Waals surface area contributed by atoms with Crippen LogP contribution in [0.1, 0.15) is 19.3 Å². The number of likely N-dealkylation sites (N-methyl/N-ethyl adjacent to an activating group) is 1. The standard InChI is InChI=1S/C24H27N7O3/c1-29(2)16-8-10-30(13-16)18-7-9-25-24-17(18)11-20(34-24)19-12-26-21-4-6-23(28-31(19)21)33-14-15-3-5-22(32)27-15/h4,6-7,9,11-12,15-16H,3,5,8,10,13-14H2,1-2H3,(H,27,32)/t15-,16+/m1/s1. The van der Waals surface area contributed by atoms with E-state index in [1.165, 1.54) is 0 Å². The topological polar surface area (TPSA) is 101 Å². The molecule has 6 heterocycles. The van der Waals surface area contributed by atoms with Crippen molar-refractivity contribution in [2.45, 2.75) is 31.3 Å². The molecule has 0 saturated carbocycles. The van der Waals surface area contributed by atoms with Crippen molar-refractivity contribution in [2.75, 3.05) is 38.7 Å². The lowest BCUT2D eigenvalue weighted by atomic mass is 10.2. The largest absolute Gasteiger partial charge is 0.474 e. The van der Waals surface area contributed by atoms with Gasteiger partial charge in [-0.25, -0.2) is 14.5 Å². The summed E-state index contributed by atoms with van der Waals surface area (Å²) in [6.45, 7) is 2.36. The maximum atomic E-state index is 11.4.